The van der Waals surface area contributed by atoms with Gasteiger partial charge < -0.3 is 9.47 Å². The van der Waals surface area contributed by atoms with Crippen LogP contribution in [0.15, 0.2) is 0 Å². The van der Waals surface area contributed by atoms with E-state index in [4.69, 9.17) is 15.2 Å². The van der Waals surface area contributed by atoms with Gasteiger partial charge in [0.2, 0.25) is 5.91 Å². The second kappa shape index (κ2) is 2.86. The second-order valence-corrected chi connectivity index (χ2v) is 3.33. The molecule has 3 heteroatoms. The molecule has 0 fully saturated rings. The highest BCUT2D eigenvalue weighted by Crippen LogP contribution is 2.28. The van der Waals surface area contributed by atoms with Crippen LogP contribution in [0, 0.1) is 5.41 Å². The maximum absolute atomic E-state index is 5.73. The van der Waals surface area contributed by atoms with Gasteiger partial charge in [-0.2, -0.15) is 0 Å². The molecule has 0 bridgehead atoms. The van der Waals surface area contributed by atoms with Crippen LogP contribution in [0.2, 0.25) is 0 Å². The maximum atomic E-state index is 5.73. The Morgan fingerprint density at radius 3 is 1.30 bits per heavy atom. The SMILES string of the molecule is COC(N)(OC)C(C)(C)C. The lowest BCUT2D eigenvalue weighted by molar-refractivity contribution is -0.259. The maximum Gasteiger partial charge on any atom is 0.229 e. The summed E-state index contributed by atoms with van der Waals surface area (Å²) in [4.78, 5) is 0. The first-order valence-electron chi connectivity index (χ1n) is 3.26. The van der Waals surface area contributed by atoms with Crippen LogP contribution in [-0.2, 0) is 9.47 Å². The Morgan fingerprint density at radius 1 is 1.00 bits per heavy atom. The number of hydrogen-bond donors (Lipinski definition) is 1. The first-order valence-corrected chi connectivity index (χ1v) is 3.26. The zero-order chi connectivity index (χ0) is 8.41. The van der Waals surface area contributed by atoms with E-state index in [0.717, 1.165) is 0 Å². The minimum Gasteiger partial charge on any atom is -0.341 e. The summed E-state index contributed by atoms with van der Waals surface area (Å²) < 4.78 is 10.0. The van der Waals surface area contributed by atoms with Crippen LogP contribution >= 0.6 is 0 Å². The molecule has 0 spiro atoms. The standard InChI is InChI=1S/C7H17NO2/c1-6(2,3)7(8,9-4)10-5/h8H2,1-5H3. The molecule has 0 saturated heterocycles. The van der Waals surface area contributed by atoms with Crippen LogP contribution in [0.25, 0.3) is 0 Å². The molecule has 0 aromatic carbocycles. The monoisotopic (exact) mass is 147 g/mol. The summed E-state index contributed by atoms with van der Waals surface area (Å²) in [5, 5.41) is 0. The van der Waals surface area contributed by atoms with Gasteiger partial charge in [-0.05, 0) is 0 Å². The van der Waals surface area contributed by atoms with Gasteiger partial charge in [0.1, 0.15) is 0 Å². The molecule has 0 aliphatic carbocycles. The van der Waals surface area contributed by atoms with Crippen molar-refractivity contribution in [2.45, 2.75) is 26.7 Å². The van der Waals surface area contributed by atoms with Gasteiger partial charge in [-0.15, -0.1) is 0 Å². The number of ether oxygens (including phenoxy) is 2. The summed E-state index contributed by atoms with van der Waals surface area (Å²) in [6.45, 7) is 5.88. The molecule has 2 N–H and O–H groups in total. The van der Waals surface area contributed by atoms with E-state index in [2.05, 4.69) is 0 Å². The largest absolute Gasteiger partial charge is 0.341 e. The summed E-state index contributed by atoms with van der Waals surface area (Å²) in [6, 6.07) is 0. The summed E-state index contributed by atoms with van der Waals surface area (Å²) in [6.07, 6.45) is 0. The van der Waals surface area contributed by atoms with E-state index < -0.39 is 5.91 Å². The van der Waals surface area contributed by atoms with E-state index in [0.29, 0.717) is 0 Å². The van der Waals surface area contributed by atoms with Gasteiger partial charge >= 0.3 is 0 Å². The molecule has 10 heavy (non-hydrogen) atoms. The quantitative estimate of drug-likeness (QED) is 0.591. The molecular formula is C7H17NO2. The molecule has 0 saturated carbocycles. The van der Waals surface area contributed by atoms with Crippen molar-refractivity contribution in [3.63, 3.8) is 0 Å². The lowest BCUT2D eigenvalue weighted by atomic mass is 9.91. The van der Waals surface area contributed by atoms with Crippen LogP contribution in [-0.4, -0.2) is 20.1 Å². The minimum atomic E-state index is -0.979. The molecule has 0 amide bonds. The van der Waals surface area contributed by atoms with Crippen LogP contribution in [0.3, 0.4) is 0 Å². The Bertz CT molecular complexity index is 103. The van der Waals surface area contributed by atoms with E-state index in [1.165, 1.54) is 14.2 Å². The van der Waals surface area contributed by atoms with E-state index in [1.54, 1.807) is 0 Å². The third-order valence-corrected chi connectivity index (χ3v) is 1.65. The van der Waals surface area contributed by atoms with Crippen molar-refractivity contribution >= 4 is 0 Å². The summed E-state index contributed by atoms with van der Waals surface area (Å²) in [5.74, 6) is -0.979. The third-order valence-electron chi connectivity index (χ3n) is 1.65. The fourth-order valence-electron chi connectivity index (χ4n) is 0.696. The van der Waals surface area contributed by atoms with Crippen molar-refractivity contribution in [1.82, 2.24) is 0 Å². The Morgan fingerprint density at radius 2 is 1.30 bits per heavy atom. The van der Waals surface area contributed by atoms with Crippen molar-refractivity contribution in [1.29, 1.82) is 0 Å². The number of hydrogen-bond acceptors (Lipinski definition) is 3. The zero-order valence-electron chi connectivity index (χ0n) is 7.39. The highest BCUT2D eigenvalue weighted by atomic mass is 16.7. The molecule has 0 rings (SSSR count). The number of nitrogens with two attached hydrogens (primary N) is 1. The predicted octanol–water partition coefficient (Wildman–Crippen LogP) is 0.938. The highest BCUT2D eigenvalue weighted by molar-refractivity contribution is 4.77. The topological polar surface area (TPSA) is 44.5 Å². The predicted molar refractivity (Wildman–Crippen MR) is 40.4 cm³/mol. The summed E-state index contributed by atoms with van der Waals surface area (Å²) in [5.41, 5.74) is 5.52. The Kier molecular flexibility index (Phi) is 2.83. The van der Waals surface area contributed by atoms with Crippen LogP contribution in [0.4, 0.5) is 0 Å². The fourth-order valence-corrected chi connectivity index (χ4v) is 0.696. The van der Waals surface area contributed by atoms with E-state index >= 15 is 0 Å². The molecule has 62 valence electrons. The molecule has 0 aromatic rings. The minimum absolute atomic E-state index is 0.212. The van der Waals surface area contributed by atoms with Gasteiger partial charge in [-0.25, -0.2) is 0 Å². The first kappa shape index (κ1) is 9.88. The van der Waals surface area contributed by atoms with Crippen molar-refractivity contribution in [3.8, 4) is 0 Å². The Hall–Kier alpha value is -0.120. The summed E-state index contributed by atoms with van der Waals surface area (Å²) in [7, 11) is 3.07. The van der Waals surface area contributed by atoms with E-state index in [1.807, 2.05) is 20.8 Å². The highest BCUT2D eigenvalue weighted by Gasteiger charge is 2.38. The molecule has 3 nitrogen and oxygen atoms in total. The smallest absolute Gasteiger partial charge is 0.229 e. The van der Waals surface area contributed by atoms with Gasteiger partial charge in [0, 0.05) is 19.6 Å². The normalized spacial score (nSPS) is 13.8. The third kappa shape index (κ3) is 1.68. The van der Waals surface area contributed by atoms with Gasteiger partial charge in [-0.3, -0.25) is 5.73 Å². The van der Waals surface area contributed by atoms with Crippen LogP contribution in [0.5, 0.6) is 0 Å². The van der Waals surface area contributed by atoms with Crippen molar-refractivity contribution in [3.05, 3.63) is 0 Å². The zero-order valence-corrected chi connectivity index (χ0v) is 7.39. The molecule has 0 aromatic heterocycles. The lowest BCUT2D eigenvalue weighted by Gasteiger charge is -2.38. The first-order chi connectivity index (χ1) is 4.37. The van der Waals surface area contributed by atoms with Gasteiger partial charge in [0.15, 0.2) is 0 Å². The van der Waals surface area contributed by atoms with Crippen molar-refractivity contribution in [2.24, 2.45) is 11.1 Å². The summed E-state index contributed by atoms with van der Waals surface area (Å²) >= 11 is 0. The van der Waals surface area contributed by atoms with Gasteiger partial charge in [-0.1, -0.05) is 20.8 Å². The number of rotatable bonds is 2. The Labute approximate surface area is 62.5 Å². The average Bonchev–Trinajstić information content (AvgIpc) is 1.84. The van der Waals surface area contributed by atoms with Gasteiger partial charge in [0.25, 0.3) is 0 Å². The molecule has 0 radical (unpaired) electrons. The average molecular weight is 147 g/mol. The van der Waals surface area contributed by atoms with Crippen molar-refractivity contribution < 1.29 is 9.47 Å². The van der Waals surface area contributed by atoms with Crippen LogP contribution < -0.4 is 5.73 Å². The molecule has 0 aliphatic heterocycles. The van der Waals surface area contributed by atoms with E-state index in [9.17, 15) is 0 Å². The lowest BCUT2D eigenvalue weighted by Crippen LogP contribution is -2.54. The molecule has 0 heterocycles. The Balaban J connectivity index is 4.33. The number of methoxy groups -OCH3 is 2. The van der Waals surface area contributed by atoms with Crippen LogP contribution in [0.1, 0.15) is 20.8 Å². The van der Waals surface area contributed by atoms with Crippen molar-refractivity contribution in [2.75, 3.05) is 14.2 Å². The molecule has 0 atom stereocenters. The second-order valence-electron chi connectivity index (χ2n) is 3.33. The van der Waals surface area contributed by atoms with Gasteiger partial charge in [0.05, 0.1) is 0 Å². The molecule has 0 unspecified atom stereocenters. The molecular weight excluding hydrogens is 130 g/mol. The fraction of sp³-hybridized carbons (Fsp3) is 1.00. The molecule has 0 aliphatic rings. The van der Waals surface area contributed by atoms with E-state index in [-0.39, 0.29) is 5.41 Å².